The lowest BCUT2D eigenvalue weighted by atomic mass is 9.99. The van der Waals surface area contributed by atoms with E-state index in [0.717, 1.165) is 108 Å². The molecule has 19 heteroatoms. The normalized spacial score (nSPS) is 14.4. The maximum absolute atomic E-state index is 13.1. The average molecular weight is 1420 g/mol. The molecule has 97 heavy (non-hydrogen) atoms. The molecule has 6 atom stereocenters. The van der Waals surface area contributed by atoms with Gasteiger partial charge in [-0.25, -0.2) is 9.13 Å². The summed E-state index contributed by atoms with van der Waals surface area (Å²) < 4.78 is 68.5. The zero-order valence-electron chi connectivity index (χ0n) is 63.7. The van der Waals surface area contributed by atoms with Crippen LogP contribution in [0.2, 0.25) is 0 Å². The van der Waals surface area contributed by atoms with Crippen LogP contribution in [0.3, 0.4) is 0 Å². The van der Waals surface area contributed by atoms with Gasteiger partial charge in [0.2, 0.25) is 0 Å². The fraction of sp³-hybridized carbons (Fsp3) is 0.949. The van der Waals surface area contributed by atoms with Crippen LogP contribution in [-0.4, -0.2) is 96.7 Å². The van der Waals surface area contributed by atoms with Gasteiger partial charge in [-0.05, 0) is 49.4 Å². The molecule has 17 nitrogen and oxygen atoms in total. The first-order valence-corrected chi connectivity index (χ1v) is 43.2. The van der Waals surface area contributed by atoms with Gasteiger partial charge in [-0.2, -0.15) is 0 Å². The van der Waals surface area contributed by atoms with Crippen LogP contribution in [0.15, 0.2) is 0 Å². The van der Waals surface area contributed by atoms with Gasteiger partial charge in [0.25, 0.3) is 0 Å². The Labute approximate surface area is 594 Å². The number of carbonyl (C=O) groups is 4. The quantitative estimate of drug-likeness (QED) is 0.0222. The van der Waals surface area contributed by atoms with E-state index in [2.05, 4.69) is 55.4 Å². The van der Waals surface area contributed by atoms with Gasteiger partial charge in [0, 0.05) is 25.7 Å². The zero-order valence-corrected chi connectivity index (χ0v) is 65.5. The number of ether oxygens (including phenoxy) is 4. The first-order chi connectivity index (χ1) is 46.6. The highest BCUT2D eigenvalue weighted by molar-refractivity contribution is 7.47. The van der Waals surface area contributed by atoms with Gasteiger partial charge in [0.05, 0.1) is 26.4 Å². The van der Waals surface area contributed by atoms with Crippen LogP contribution in [0.1, 0.15) is 396 Å². The Bertz CT molecular complexity index is 1900. The highest BCUT2D eigenvalue weighted by atomic mass is 31.2. The Morgan fingerprint density at radius 3 is 0.732 bits per heavy atom. The van der Waals surface area contributed by atoms with E-state index in [4.69, 9.17) is 37.0 Å². The number of unbranched alkanes of at least 4 members (excludes halogenated alkanes) is 40. The van der Waals surface area contributed by atoms with Crippen molar-refractivity contribution < 1.29 is 80.2 Å². The number of esters is 4. The Morgan fingerprint density at radius 2 is 0.495 bits per heavy atom. The molecule has 0 aliphatic heterocycles. The van der Waals surface area contributed by atoms with Crippen LogP contribution in [0, 0.1) is 23.7 Å². The van der Waals surface area contributed by atoms with E-state index in [-0.39, 0.29) is 25.7 Å². The van der Waals surface area contributed by atoms with Crippen molar-refractivity contribution in [3.63, 3.8) is 0 Å². The van der Waals surface area contributed by atoms with Gasteiger partial charge < -0.3 is 33.8 Å². The molecule has 4 unspecified atom stereocenters. The van der Waals surface area contributed by atoms with E-state index in [1.807, 2.05) is 0 Å². The minimum absolute atomic E-state index is 0.102. The largest absolute Gasteiger partial charge is 0.472 e. The first kappa shape index (κ1) is 95.1. The molecule has 0 aromatic rings. The minimum atomic E-state index is -4.96. The number of hydrogen-bond acceptors (Lipinski definition) is 15. The number of phosphoric acid groups is 2. The van der Waals surface area contributed by atoms with Crippen molar-refractivity contribution >= 4 is 39.5 Å². The minimum Gasteiger partial charge on any atom is -0.462 e. The summed E-state index contributed by atoms with van der Waals surface area (Å²) in [6, 6.07) is 0. The summed E-state index contributed by atoms with van der Waals surface area (Å²) in [6.07, 6.45) is 53.0. The molecule has 0 rings (SSSR count). The molecule has 3 N–H and O–H groups in total. The number of aliphatic hydroxyl groups excluding tert-OH is 1. The van der Waals surface area contributed by atoms with E-state index >= 15 is 0 Å². The van der Waals surface area contributed by atoms with Crippen LogP contribution in [0.25, 0.3) is 0 Å². The third kappa shape index (κ3) is 70.9. The van der Waals surface area contributed by atoms with Crippen LogP contribution < -0.4 is 0 Å². The summed E-state index contributed by atoms with van der Waals surface area (Å²) >= 11 is 0. The van der Waals surface area contributed by atoms with E-state index in [1.165, 1.54) is 193 Å². The van der Waals surface area contributed by atoms with E-state index < -0.39 is 97.5 Å². The molecule has 0 fully saturated rings. The van der Waals surface area contributed by atoms with Crippen molar-refractivity contribution in [1.82, 2.24) is 0 Å². The molecule has 576 valence electrons. The fourth-order valence-electron chi connectivity index (χ4n) is 11.9. The molecular formula is C78H152O17P2. The molecular weight excluding hydrogens is 1270 g/mol. The number of hydrogen-bond donors (Lipinski definition) is 3. The molecule has 0 saturated heterocycles. The lowest BCUT2D eigenvalue weighted by molar-refractivity contribution is -0.161. The highest BCUT2D eigenvalue weighted by Crippen LogP contribution is 2.45. The standard InChI is InChI=1S/C78H152O17P2/c1-9-71(8)57-49-41-33-25-21-16-14-12-10-11-13-15-17-22-26-34-42-50-58-75(80)88-64-73(94-77(82)60-52-44-35-27-23-19-18-20-24-30-38-46-54-68(2)3)66-92-96(84,85)90-62-72(79)63-91-97(86,87)93-67-74(95-78(83)61-53-45-37-29-32-40-48-56-70(6)7)65-89-76(81)59-51-43-36-28-31-39-47-55-69(4)5/h68-74,79H,9-67H2,1-8H3,(H,84,85)(H,86,87)/t71?,72?,73-,74-/m1/s1. The van der Waals surface area contributed by atoms with E-state index in [0.29, 0.717) is 37.5 Å². The third-order valence-electron chi connectivity index (χ3n) is 18.4. The molecule has 0 spiro atoms. The second-order valence-corrected chi connectivity index (χ2v) is 32.7. The third-order valence-corrected chi connectivity index (χ3v) is 20.3. The van der Waals surface area contributed by atoms with Gasteiger partial charge in [0.1, 0.15) is 19.3 Å². The highest BCUT2D eigenvalue weighted by Gasteiger charge is 2.30. The van der Waals surface area contributed by atoms with Gasteiger partial charge in [0.15, 0.2) is 12.2 Å². The maximum Gasteiger partial charge on any atom is 0.472 e. The molecule has 0 aliphatic rings. The Balaban J connectivity index is 5.17. The lowest BCUT2D eigenvalue weighted by Gasteiger charge is -2.21. The van der Waals surface area contributed by atoms with E-state index in [9.17, 15) is 43.2 Å². The summed E-state index contributed by atoms with van der Waals surface area (Å²) in [5, 5.41) is 10.6. The predicted molar refractivity (Wildman–Crippen MR) is 395 cm³/mol. The van der Waals surface area contributed by atoms with Crippen molar-refractivity contribution in [3.8, 4) is 0 Å². The summed E-state index contributed by atoms with van der Waals surface area (Å²) in [5.41, 5.74) is 0. The molecule has 0 saturated carbocycles. The van der Waals surface area contributed by atoms with Crippen molar-refractivity contribution in [2.75, 3.05) is 39.6 Å². The predicted octanol–water partition coefficient (Wildman–Crippen LogP) is 22.8. The molecule has 0 bridgehead atoms. The molecule has 0 aliphatic carbocycles. The van der Waals surface area contributed by atoms with Crippen molar-refractivity contribution in [2.24, 2.45) is 23.7 Å². The summed E-state index contributed by atoms with van der Waals surface area (Å²) in [6.45, 7) is 14.2. The first-order valence-electron chi connectivity index (χ1n) is 40.2. The zero-order chi connectivity index (χ0) is 71.7. The van der Waals surface area contributed by atoms with Gasteiger partial charge >= 0.3 is 39.5 Å². The number of carbonyl (C=O) groups excluding carboxylic acids is 4. The van der Waals surface area contributed by atoms with Crippen molar-refractivity contribution in [2.45, 2.75) is 414 Å². The Hall–Kier alpha value is -1.94. The summed E-state index contributed by atoms with van der Waals surface area (Å²) in [4.78, 5) is 72.8. The fourth-order valence-corrected chi connectivity index (χ4v) is 13.5. The van der Waals surface area contributed by atoms with Crippen molar-refractivity contribution in [1.29, 1.82) is 0 Å². The molecule has 0 heterocycles. The Kier molecular flexibility index (Phi) is 65.9. The van der Waals surface area contributed by atoms with Crippen LogP contribution in [-0.2, 0) is 65.4 Å². The van der Waals surface area contributed by atoms with Crippen molar-refractivity contribution in [3.05, 3.63) is 0 Å². The SMILES string of the molecule is CCC(C)CCCCCCCCCCCCCCCCCCCCC(=O)OC[C@H](COP(=O)(O)OCC(O)COP(=O)(O)OC[C@@H](COC(=O)CCCCCCCCCC(C)C)OC(=O)CCCCCCCCCC(C)C)OC(=O)CCCCCCCCCCCCCCC(C)C. The lowest BCUT2D eigenvalue weighted by Crippen LogP contribution is -2.30. The number of aliphatic hydroxyl groups is 1. The second-order valence-electron chi connectivity index (χ2n) is 29.8. The summed E-state index contributed by atoms with van der Waals surface area (Å²) in [5.74, 6) is 0.929. The van der Waals surface area contributed by atoms with E-state index in [1.54, 1.807) is 0 Å². The average Bonchev–Trinajstić information content (AvgIpc) is 0.973. The van der Waals surface area contributed by atoms with Crippen LogP contribution >= 0.6 is 15.6 Å². The second kappa shape index (κ2) is 67.2. The van der Waals surface area contributed by atoms with Gasteiger partial charge in [-0.1, -0.05) is 344 Å². The topological polar surface area (TPSA) is 237 Å². The monoisotopic (exact) mass is 1420 g/mol. The number of rotatable bonds is 75. The Morgan fingerprint density at radius 1 is 0.289 bits per heavy atom. The molecule has 0 radical (unpaired) electrons. The van der Waals surface area contributed by atoms with Crippen LogP contribution in [0.4, 0.5) is 0 Å². The van der Waals surface area contributed by atoms with Crippen LogP contribution in [0.5, 0.6) is 0 Å². The number of phosphoric ester groups is 2. The smallest absolute Gasteiger partial charge is 0.462 e. The molecule has 0 aromatic carbocycles. The van der Waals surface area contributed by atoms with Gasteiger partial charge in [-0.15, -0.1) is 0 Å². The van der Waals surface area contributed by atoms with Gasteiger partial charge in [-0.3, -0.25) is 37.3 Å². The molecule has 0 amide bonds. The molecule has 0 aromatic heterocycles. The maximum atomic E-state index is 13.1. The summed E-state index contributed by atoms with van der Waals surface area (Å²) in [7, 11) is -9.91.